The molecule has 4 aliphatic rings. The zero-order valence-corrected chi connectivity index (χ0v) is 29.6. The molecule has 2 aromatic rings. The maximum absolute atomic E-state index is 14.2. The topological polar surface area (TPSA) is 136 Å². The van der Waals surface area contributed by atoms with E-state index in [4.69, 9.17) is 23.3 Å². The molecule has 49 heavy (non-hydrogen) atoms. The van der Waals surface area contributed by atoms with Gasteiger partial charge in [-0.1, -0.05) is 39.0 Å². The van der Waals surface area contributed by atoms with Crippen molar-refractivity contribution < 1.29 is 37.4 Å². The number of pyridine rings is 2. The fourth-order valence-corrected chi connectivity index (χ4v) is 8.20. The van der Waals surface area contributed by atoms with Crippen LogP contribution in [0.4, 0.5) is 0 Å². The maximum atomic E-state index is 14.2. The molecule has 1 fully saturated rings. The Kier molecular flexibility index (Phi) is 10.5. The lowest BCUT2D eigenvalue weighted by molar-refractivity contribution is -0.162. The molecule has 2 aliphatic heterocycles. The van der Waals surface area contributed by atoms with Gasteiger partial charge in [-0.2, -0.15) is 0 Å². The van der Waals surface area contributed by atoms with Crippen molar-refractivity contribution in [2.24, 2.45) is 27.9 Å². The fourth-order valence-electron chi connectivity index (χ4n) is 6.73. The molecule has 0 spiro atoms. The van der Waals surface area contributed by atoms with E-state index in [1.54, 1.807) is 49.1 Å². The van der Waals surface area contributed by atoms with Crippen molar-refractivity contribution in [2.75, 3.05) is 0 Å². The zero-order chi connectivity index (χ0) is 34.8. The Morgan fingerprint density at radius 1 is 1.06 bits per heavy atom. The van der Waals surface area contributed by atoms with Crippen LogP contribution >= 0.6 is 7.75 Å². The number of nitrogens with zero attached hydrogens (tertiary/aromatic N) is 3. The van der Waals surface area contributed by atoms with Crippen LogP contribution in [0.25, 0.3) is 0 Å². The molecule has 0 aromatic carbocycles. The van der Waals surface area contributed by atoms with E-state index in [2.05, 4.69) is 46.8 Å². The van der Waals surface area contributed by atoms with Crippen LogP contribution in [0, 0.1) is 29.1 Å². The van der Waals surface area contributed by atoms with Gasteiger partial charge in [0.05, 0.1) is 23.5 Å². The van der Waals surface area contributed by atoms with Crippen LogP contribution in [0.15, 0.2) is 77.6 Å². The number of ether oxygens (including phenoxy) is 3. The molecule has 1 radical (unpaired) electrons. The largest absolute Gasteiger partial charge is 0.462 e. The van der Waals surface area contributed by atoms with Crippen molar-refractivity contribution in [3.8, 4) is 0 Å². The number of rotatable bonds is 10. The number of allylic oxidation sites excluding steroid dienone is 3. The van der Waals surface area contributed by atoms with Crippen molar-refractivity contribution >= 4 is 25.6 Å². The van der Waals surface area contributed by atoms with Gasteiger partial charge >= 0.3 is 19.7 Å². The van der Waals surface area contributed by atoms with Gasteiger partial charge in [0.15, 0.2) is 0 Å². The van der Waals surface area contributed by atoms with Crippen molar-refractivity contribution in [1.29, 1.82) is 0 Å². The highest BCUT2D eigenvalue weighted by atomic mass is 31.2. The summed E-state index contributed by atoms with van der Waals surface area (Å²) in [5, 5.41) is 0. The maximum Gasteiger partial charge on any atom is 0.460 e. The minimum atomic E-state index is -4.17. The Hall–Kier alpha value is -3.66. The molecule has 0 N–H and O–H groups in total. The van der Waals surface area contributed by atoms with E-state index in [9.17, 15) is 14.2 Å². The normalized spacial score (nSPS) is 31.9. The number of hydrogen-bond acceptors (Lipinski definition) is 10. The van der Waals surface area contributed by atoms with Crippen LogP contribution in [0.5, 0.6) is 0 Å². The lowest BCUT2D eigenvalue weighted by Crippen LogP contribution is -2.42. The predicted molar refractivity (Wildman–Crippen MR) is 182 cm³/mol. The second kappa shape index (κ2) is 14.7. The first kappa shape index (κ1) is 35.2. The van der Waals surface area contributed by atoms with Crippen molar-refractivity contribution in [1.82, 2.24) is 9.97 Å². The van der Waals surface area contributed by atoms with E-state index in [0.717, 1.165) is 17.9 Å². The first-order chi connectivity index (χ1) is 23.4. The average molecular weight is 691 g/mol. The Morgan fingerprint density at radius 2 is 1.84 bits per heavy atom. The molecule has 8 atom stereocenters. The molecule has 2 aromatic heterocycles. The molecule has 11 nitrogen and oxygen atoms in total. The van der Waals surface area contributed by atoms with Gasteiger partial charge in [-0.15, -0.1) is 4.76 Å². The molecular formula is C37H45N3O8P. The highest BCUT2D eigenvalue weighted by molar-refractivity contribution is 7.52. The van der Waals surface area contributed by atoms with Gasteiger partial charge in [-0.25, -0.2) is 9.09 Å². The van der Waals surface area contributed by atoms with E-state index < -0.39 is 37.6 Å². The van der Waals surface area contributed by atoms with Crippen LogP contribution in [0.2, 0.25) is 0 Å². The van der Waals surface area contributed by atoms with Gasteiger partial charge in [0.25, 0.3) is 0 Å². The Morgan fingerprint density at radius 3 is 2.55 bits per heavy atom. The lowest BCUT2D eigenvalue weighted by Gasteiger charge is -2.43. The van der Waals surface area contributed by atoms with Crippen LogP contribution in [0.3, 0.4) is 0 Å². The molecule has 0 bridgehead atoms. The minimum absolute atomic E-state index is 0.0612. The van der Waals surface area contributed by atoms with E-state index in [0.29, 0.717) is 36.8 Å². The molecule has 0 amide bonds. The van der Waals surface area contributed by atoms with E-state index in [-0.39, 0.29) is 42.1 Å². The lowest BCUT2D eigenvalue weighted by atomic mass is 9.65. The van der Waals surface area contributed by atoms with Gasteiger partial charge in [0, 0.05) is 42.7 Å². The molecule has 4 heterocycles. The average Bonchev–Trinajstić information content (AvgIpc) is 3.08. The zero-order valence-electron chi connectivity index (χ0n) is 28.7. The molecular weight excluding hydrogens is 645 g/mol. The van der Waals surface area contributed by atoms with Gasteiger partial charge in [0.2, 0.25) is 12.2 Å². The second-order valence-corrected chi connectivity index (χ2v) is 15.6. The summed E-state index contributed by atoms with van der Waals surface area (Å²) < 4.78 is 48.4. The van der Waals surface area contributed by atoms with Crippen molar-refractivity contribution in [3.63, 3.8) is 0 Å². The predicted octanol–water partition coefficient (Wildman–Crippen LogP) is 7.66. The minimum Gasteiger partial charge on any atom is -0.462 e. The molecule has 0 saturated carbocycles. The molecule has 2 unspecified atom stereocenters. The smallest absolute Gasteiger partial charge is 0.460 e. The van der Waals surface area contributed by atoms with Crippen LogP contribution in [-0.4, -0.2) is 46.1 Å². The number of carbonyl (C=O) groups is 2. The summed E-state index contributed by atoms with van der Waals surface area (Å²) in [5.41, 5.74) is 1.59. The fraction of sp³-hybridized carbons (Fsp3) is 0.514. The Balaban J connectivity index is 1.17. The quantitative estimate of drug-likeness (QED) is 0.181. The number of esters is 2. The summed E-state index contributed by atoms with van der Waals surface area (Å²) in [6, 6.07) is 6.91. The van der Waals surface area contributed by atoms with Crippen molar-refractivity contribution in [3.05, 3.63) is 89.9 Å². The van der Waals surface area contributed by atoms with E-state index >= 15 is 0 Å². The summed E-state index contributed by atoms with van der Waals surface area (Å²) in [5.74, 6) is 1.14. The molecule has 2 aliphatic carbocycles. The SMILES string of the molecule is CCC(C)(C)C(=O)O[C@H]1C[C@@H](C)C=C2C=C[C@H](C)[C@H](CC[C@H]3C[C@@H](OP4(=O)N=C(c5cccnc5)OC(c5cccnc5)O4)CC(=O)O3)[C]21. The first-order valence-corrected chi connectivity index (χ1v) is 18.6. The van der Waals surface area contributed by atoms with Crippen LogP contribution < -0.4 is 0 Å². The summed E-state index contributed by atoms with van der Waals surface area (Å²) in [4.78, 5) is 34.3. The molecule has 1 saturated heterocycles. The molecule has 6 rings (SSSR count). The third kappa shape index (κ3) is 8.22. The standard InChI is InChI=1S/C37H45N3O8P/c1-6-37(4,5)36(42)45-31-18-23(2)17-25-12-11-24(3)30(33(25)31)14-13-28-19-29(20-32(41)44-28)47-49(43)40-34(26-9-7-15-38-21-26)46-35(48-49)27-10-8-16-39-22-27/h7-12,15-17,21-24,28-31,35H,6,13-14,18-20H2,1-5H3/t23-,24-,28-,29+,30-,31-,35?,49?/m0/s1. The first-order valence-electron chi connectivity index (χ1n) is 17.1. The van der Waals surface area contributed by atoms with Crippen LogP contribution in [0.1, 0.15) is 90.6 Å². The molecule has 12 heteroatoms. The number of cyclic esters (lactones) is 1. The Labute approximate surface area is 288 Å². The third-order valence-corrected chi connectivity index (χ3v) is 11.3. The van der Waals surface area contributed by atoms with Crippen molar-refractivity contribution in [2.45, 2.75) is 97.7 Å². The highest BCUT2D eigenvalue weighted by Gasteiger charge is 2.45. The van der Waals surface area contributed by atoms with Crippen LogP contribution in [-0.2, 0) is 37.4 Å². The van der Waals surface area contributed by atoms with E-state index in [1.807, 2.05) is 20.8 Å². The highest BCUT2D eigenvalue weighted by Crippen LogP contribution is 2.58. The monoisotopic (exact) mass is 690 g/mol. The molecule has 261 valence electrons. The van der Waals surface area contributed by atoms with E-state index in [1.165, 1.54) is 0 Å². The van der Waals surface area contributed by atoms with Gasteiger partial charge < -0.3 is 14.2 Å². The number of hydrogen-bond donors (Lipinski definition) is 0. The van der Waals surface area contributed by atoms with Gasteiger partial charge in [-0.3, -0.25) is 24.1 Å². The second-order valence-electron chi connectivity index (χ2n) is 14.1. The van der Waals surface area contributed by atoms with Gasteiger partial charge in [0.1, 0.15) is 12.2 Å². The summed E-state index contributed by atoms with van der Waals surface area (Å²) in [7, 11) is -4.17. The number of fused-ring (bicyclic) bond motifs is 1. The number of aromatic nitrogens is 2. The van der Waals surface area contributed by atoms with Gasteiger partial charge in [-0.05, 0) is 87.1 Å². The Bertz CT molecular complexity index is 1650. The summed E-state index contributed by atoms with van der Waals surface area (Å²) in [6.07, 6.45) is 13.2. The number of carbonyl (C=O) groups excluding carboxylic acids is 2. The summed E-state index contributed by atoms with van der Waals surface area (Å²) >= 11 is 0. The third-order valence-electron chi connectivity index (χ3n) is 9.86. The summed E-state index contributed by atoms with van der Waals surface area (Å²) in [6.45, 7) is 10.2.